The van der Waals surface area contributed by atoms with Crippen molar-refractivity contribution >= 4 is 28.4 Å². The minimum atomic E-state index is -0.932. The number of hydrogen-bond donors (Lipinski definition) is 2. The highest BCUT2D eigenvalue weighted by Gasteiger charge is 2.18. The predicted molar refractivity (Wildman–Crippen MR) is 151 cm³/mol. The van der Waals surface area contributed by atoms with Crippen molar-refractivity contribution in [2.24, 2.45) is 0 Å². The number of nitrogens with two attached hydrogens (primary N) is 1. The molecule has 198 valence electrons. The van der Waals surface area contributed by atoms with E-state index in [1.54, 1.807) is 61.7 Å². The topological polar surface area (TPSA) is 119 Å². The molecule has 2 heterocycles. The van der Waals surface area contributed by atoms with Crippen molar-refractivity contribution in [3.05, 3.63) is 59.4 Å². The Labute approximate surface area is 223 Å². The van der Waals surface area contributed by atoms with Crippen LogP contribution in [0.1, 0.15) is 48.4 Å². The summed E-state index contributed by atoms with van der Waals surface area (Å²) in [5.41, 5.74) is 7.86. The molecule has 4 aromatic rings. The van der Waals surface area contributed by atoms with Crippen LogP contribution >= 0.6 is 0 Å². The summed E-state index contributed by atoms with van der Waals surface area (Å²) in [5, 5.41) is 15.4. The lowest BCUT2D eigenvalue weighted by atomic mass is 9.97. The molecule has 2 aromatic heterocycles. The van der Waals surface area contributed by atoms with Crippen molar-refractivity contribution < 1.29 is 14.6 Å². The third kappa shape index (κ3) is 6.58. The SMILES string of the molecule is C#C.C#C.COc1cccc2c1nc(N)n1nc(CCCCN(C)C(=O)c3ccc(C(C)(C)O)cc3)nc21. The van der Waals surface area contributed by atoms with Gasteiger partial charge in [0.25, 0.3) is 5.91 Å². The van der Waals surface area contributed by atoms with Crippen molar-refractivity contribution in [2.45, 2.75) is 38.7 Å². The number of carbonyl (C=O) groups is 1. The summed E-state index contributed by atoms with van der Waals surface area (Å²) >= 11 is 0. The van der Waals surface area contributed by atoms with E-state index < -0.39 is 5.60 Å². The van der Waals surface area contributed by atoms with Crippen LogP contribution in [0.15, 0.2) is 42.5 Å². The number of aliphatic hydroxyl groups is 1. The quantitative estimate of drug-likeness (QED) is 0.272. The molecule has 0 radical (unpaired) electrons. The van der Waals surface area contributed by atoms with Crippen LogP contribution < -0.4 is 10.5 Å². The minimum Gasteiger partial charge on any atom is -0.494 e. The van der Waals surface area contributed by atoms with Crippen LogP contribution in [0.25, 0.3) is 16.6 Å². The fourth-order valence-corrected chi connectivity index (χ4v) is 3.91. The number of fused-ring (bicyclic) bond motifs is 3. The van der Waals surface area contributed by atoms with Gasteiger partial charge in [0.2, 0.25) is 5.95 Å². The van der Waals surface area contributed by atoms with Gasteiger partial charge in [0.15, 0.2) is 11.5 Å². The molecule has 9 nitrogen and oxygen atoms in total. The number of hydrogen-bond acceptors (Lipinski definition) is 7. The molecule has 0 aliphatic carbocycles. The number of nitrogen functional groups attached to an aromatic ring is 1. The average Bonchev–Trinajstić information content (AvgIpc) is 3.37. The zero-order valence-electron chi connectivity index (χ0n) is 22.3. The van der Waals surface area contributed by atoms with Gasteiger partial charge in [-0.3, -0.25) is 4.79 Å². The normalized spacial score (nSPS) is 10.7. The molecule has 0 bridgehead atoms. The zero-order valence-corrected chi connectivity index (χ0v) is 22.3. The molecule has 0 atom stereocenters. The summed E-state index contributed by atoms with van der Waals surface area (Å²) in [6.07, 6.45) is 18.3. The number of rotatable bonds is 8. The van der Waals surface area contributed by atoms with E-state index in [1.165, 1.54) is 0 Å². The third-order valence-corrected chi connectivity index (χ3v) is 5.88. The Bertz CT molecular complexity index is 1410. The smallest absolute Gasteiger partial charge is 0.253 e. The fourth-order valence-electron chi connectivity index (χ4n) is 3.91. The summed E-state index contributed by atoms with van der Waals surface area (Å²) < 4.78 is 6.95. The molecule has 4 rings (SSSR count). The Morgan fingerprint density at radius 2 is 1.74 bits per heavy atom. The lowest BCUT2D eigenvalue weighted by Crippen LogP contribution is -2.28. The molecule has 1 amide bonds. The number of aryl methyl sites for hydroxylation is 1. The van der Waals surface area contributed by atoms with Gasteiger partial charge in [-0.2, -0.15) is 4.52 Å². The first-order chi connectivity index (χ1) is 18.2. The Morgan fingerprint density at radius 3 is 2.34 bits per heavy atom. The van der Waals surface area contributed by atoms with Crippen LogP contribution in [-0.4, -0.2) is 56.2 Å². The maximum Gasteiger partial charge on any atom is 0.253 e. The third-order valence-electron chi connectivity index (χ3n) is 5.88. The maximum atomic E-state index is 12.7. The number of terminal acetylenes is 2. The van der Waals surface area contributed by atoms with Gasteiger partial charge < -0.3 is 20.5 Å². The fraction of sp³-hybridized carbons (Fsp3) is 0.310. The maximum absolute atomic E-state index is 12.7. The summed E-state index contributed by atoms with van der Waals surface area (Å²) in [6, 6.07) is 12.7. The van der Waals surface area contributed by atoms with Gasteiger partial charge in [0.1, 0.15) is 11.3 Å². The number of unbranched alkanes of at least 4 members (excludes halogenated alkanes) is 1. The summed E-state index contributed by atoms with van der Waals surface area (Å²) in [4.78, 5) is 23.5. The van der Waals surface area contributed by atoms with E-state index in [2.05, 4.69) is 40.8 Å². The second kappa shape index (κ2) is 13.1. The molecule has 0 spiro atoms. The number of aromatic nitrogens is 4. The Hall–Kier alpha value is -4.60. The second-order valence-electron chi connectivity index (χ2n) is 8.91. The van der Waals surface area contributed by atoms with E-state index in [0.717, 1.165) is 23.8 Å². The molecule has 3 N–H and O–H groups in total. The van der Waals surface area contributed by atoms with Crippen LogP contribution in [-0.2, 0) is 12.0 Å². The van der Waals surface area contributed by atoms with E-state index in [-0.39, 0.29) is 11.9 Å². The number of amides is 1. The van der Waals surface area contributed by atoms with Crippen LogP contribution in [0.2, 0.25) is 0 Å². The highest BCUT2D eigenvalue weighted by molar-refractivity contribution is 5.96. The van der Waals surface area contributed by atoms with Gasteiger partial charge in [-0.1, -0.05) is 18.2 Å². The van der Waals surface area contributed by atoms with Crippen molar-refractivity contribution in [1.82, 2.24) is 24.5 Å². The predicted octanol–water partition coefficient (Wildman–Crippen LogP) is 3.69. The molecule has 0 unspecified atom stereocenters. The first-order valence-corrected chi connectivity index (χ1v) is 11.9. The molecule has 0 aliphatic heterocycles. The summed E-state index contributed by atoms with van der Waals surface area (Å²) in [6.45, 7) is 4.05. The molecular formula is C29H34N6O3. The number of carbonyl (C=O) groups excluding carboxylic acids is 1. The van der Waals surface area contributed by atoms with Crippen molar-refractivity contribution in [3.8, 4) is 31.4 Å². The molecule has 38 heavy (non-hydrogen) atoms. The van der Waals surface area contributed by atoms with E-state index in [0.29, 0.717) is 41.3 Å². The van der Waals surface area contributed by atoms with Gasteiger partial charge in [-0.25, -0.2) is 9.97 Å². The highest BCUT2D eigenvalue weighted by Crippen LogP contribution is 2.27. The zero-order chi connectivity index (χ0) is 28.5. The standard InChI is InChI=1S/C25H30N6O3.2C2H2/c1-25(2,33)17-13-11-16(12-14-17)23(32)30(3)15-6-5-10-20-27-22-18-8-7-9-19(34-4)21(18)28-24(26)31(22)29-20;2*1-2/h7-9,11-14,33H,5-6,10,15H2,1-4H3,(H2,26,28);2*1-2H. The van der Waals surface area contributed by atoms with Gasteiger partial charge in [0.05, 0.1) is 12.7 Å². The molecular weight excluding hydrogens is 480 g/mol. The van der Waals surface area contributed by atoms with E-state index in [4.69, 9.17) is 10.5 Å². The minimum absolute atomic E-state index is 0.0487. The molecule has 9 heteroatoms. The number of methoxy groups -OCH3 is 1. The number of para-hydroxylation sites is 1. The molecule has 0 fully saturated rings. The molecule has 2 aromatic carbocycles. The first-order valence-electron chi connectivity index (χ1n) is 11.9. The van der Waals surface area contributed by atoms with Gasteiger partial charge in [-0.05, 0) is 56.5 Å². The number of benzene rings is 2. The number of ether oxygens (including phenoxy) is 1. The number of anilines is 1. The molecule has 0 aliphatic rings. The van der Waals surface area contributed by atoms with Gasteiger partial charge >= 0.3 is 0 Å². The van der Waals surface area contributed by atoms with Crippen LogP contribution in [0, 0.1) is 25.7 Å². The van der Waals surface area contributed by atoms with Crippen molar-refractivity contribution in [3.63, 3.8) is 0 Å². The van der Waals surface area contributed by atoms with Crippen molar-refractivity contribution in [1.29, 1.82) is 0 Å². The van der Waals surface area contributed by atoms with Crippen LogP contribution in [0.4, 0.5) is 5.95 Å². The lowest BCUT2D eigenvalue weighted by Gasteiger charge is -2.20. The van der Waals surface area contributed by atoms with E-state index in [1.807, 2.05) is 18.2 Å². The van der Waals surface area contributed by atoms with E-state index in [9.17, 15) is 9.90 Å². The Kier molecular flexibility index (Phi) is 10.2. The largest absolute Gasteiger partial charge is 0.494 e. The number of nitrogens with zero attached hydrogens (tertiary/aromatic N) is 5. The lowest BCUT2D eigenvalue weighted by molar-refractivity contribution is 0.0770. The highest BCUT2D eigenvalue weighted by atomic mass is 16.5. The summed E-state index contributed by atoms with van der Waals surface area (Å²) in [7, 11) is 3.39. The Morgan fingerprint density at radius 1 is 1.08 bits per heavy atom. The Balaban J connectivity index is 0.00000121. The average molecular weight is 515 g/mol. The molecule has 0 saturated carbocycles. The van der Waals surface area contributed by atoms with Gasteiger partial charge in [-0.15, -0.1) is 30.8 Å². The van der Waals surface area contributed by atoms with Crippen LogP contribution in [0.3, 0.4) is 0 Å². The van der Waals surface area contributed by atoms with Crippen molar-refractivity contribution in [2.75, 3.05) is 26.4 Å². The summed E-state index contributed by atoms with van der Waals surface area (Å²) in [5.74, 6) is 1.53. The molecule has 0 saturated heterocycles. The van der Waals surface area contributed by atoms with E-state index >= 15 is 0 Å². The van der Waals surface area contributed by atoms with Crippen LogP contribution in [0.5, 0.6) is 5.75 Å². The second-order valence-corrected chi connectivity index (χ2v) is 8.91. The first kappa shape index (κ1) is 29.6. The monoisotopic (exact) mass is 514 g/mol. The van der Waals surface area contributed by atoms with Gasteiger partial charge in [0, 0.05) is 31.0 Å².